The van der Waals surface area contributed by atoms with Crippen molar-refractivity contribution in [3.63, 3.8) is 0 Å². The van der Waals surface area contributed by atoms with Crippen molar-refractivity contribution in [2.45, 2.75) is 6.42 Å². The minimum Gasteiger partial charge on any atom is -0.493 e. The number of carbonyl (C=O) groups is 1. The van der Waals surface area contributed by atoms with Crippen molar-refractivity contribution in [2.75, 3.05) is 20.8 Å². The Morgan fingerprint density at radius 3 is 2.52 bits per heavy atom. The Balaban J connectivity index is 1.96. The van der Waals surface area contributed by atoms with Crippen LogP contribution in [0.4, 0.5) is 5.69 Å². The van der Waals surface area contributed by atoms with E-state index in [9.17, 15) is 14.9 Å². The summed E-state index contributed by atoms with van der Waals surface area (Å²) < 4.78 is 11.0. The zero-order valence-corrected chi connectivity index (χ0v) is 16.4. The van der Waals surface area contributed by atoms with Gasteiger partial charge >= 0.3 is 0 Å². The summed E-state index contributed by atoms with van der Waals surface area (Å²) in [5.74, 6) is 0.828. The molecule has 0 saturated heterocycles. The molecule has 2 aromatic carbocycles. The molecular formula is C19H17BrN2O5. The molecule has 27 heavy (non-hydrogen) atoms. The van der Waals surface area contributed by atoms with Gasteiger partial charge in [-0.1, -0.05) is 6.58 Å². The molecule has 0 saturated carbocycles. The number of benzene rings is 2. The first-order valence-corrected chi connectivity index (χ1v) is 8.86. The number of carbonyl (C=O) groups excluding carboxylic acids is 1. The lowest BCUT2D eigenvalue weighted by atomic mass is 9.95. The topological polar surface area (TPSA) is 81.9 Å². The Labute approximate surface area is 164 Å². The van der Waals surface area contributed by atoms with Crippen LogP contribution in [-0.4, -0.2) is 36.5 Å². The van der Waals surface area contributed by atoms with Crippen molar-refractivity contribution < 1.29 is 19.2 Å². The highest BCUT2D eigenvalue weighted by molar-refractivity contribution is 9.10. The summed E-state index contributed by atoms with van der Waals surface area (Å²) in [4.78, 5) is 25.1. The number of ether oxygens (including phenoxy) is 2. The molecular weight excluding hydrogens is 416 g/mol. The van der Waals surface area contributed by atoms with Gasteiger partial charge in [0.15, 0.2) is 11.5 Å². The highest BCUT2D eigenvalue weighted by Gasteiger charge is 2.28. The maximum Gasteiger partial charge on any atom is 0.284 e. The summed E-state index contributed by atoms with van der Waals surface area (Å²) in [6.07, 6.45) is 0.610. The smallest absolute Gasteiger partial charge is 0.284 e. The first-order valence-electron chi connectivity index (χ1n) is 8.07. The quantitative estimate of drug-likeness (QED) is 0.537. The van der Waals surface area contributed by atoms with Gasteiger partial charge in [-0.2, -0.15) is 0 Å². The molecule has 0 aliphatic carbocycles. The van der Waals surface area contributed by atoms with Crippen LogP contribution in [0.5, 0.6) is 11.5 Å². The number of hydrogen-bond acceptors (Lipinski definition) is 5. The molecule has 1 aliphatic heterocycles. The maximum absolute atomic E-state index is 13.0. The summed E-state index contributed by atoms with van der Waals surface area (Å²) >= 11 is 3.13. The molecule has 0 N–H and O–H groups in total. The number of halogens is 1. The first kappa shape index (κ1) is 18.9. The molecule has 1 amide bonds. The summed E-state index contributed by atoms with van der Waals surface area (Å²) in [5.41, 5.74) is 2.39. The fourth-order valence-corrected chi connectivity index (χ4v) is 3.47. The molecule has 0 atom stereocenters. The Hall–Kier alpha value is -2.87. The number of rotatable bonds is 4. The second kappa shape index (κ2) is 7.40. The zero-order chi connectivity index (χ0) is 19.7. The fourth-order valence-electron chi connectivity index (χ4n) is 3.07. The number of amides is 1. The van der Waals surface area contributed by atoms with Gasteiger partial charge in [-0.3, -0.25) is 14.9 Å². The molecule has 1 aliphatic rings. The number of nitro benzene ring substituents is 1. The molecule has 8 heteroatoms. The van der Waals surface area contributed by atoms with Gasteiger partial charge in [0, 0.05) is 29.4 Å². The van der Waals surface area contributed by atoms with Crippen LogP contribution in [0, 0.1) is 10.1 Å². The Kier molecular flexibility index (Phi) is 5.18. The van der Waals surface area contributed by atoms with Crippen LogP contribution >= 0.6 is 15.9 Å². The van der Waals surface area contributed by atoms with Gasteiger partial charge in [0.05, 0.1) is 23.6 Å². The lowest BCUT2D eigenvalue weighted by Gasteiger charge is -2.31. The van der Waals surface area contributed by atoms with E-state index in [1.807, 2.05) is 6.07 Å². The average Bonchev–Trinajstić information content (AvgIpc) is 2.67. The van der Waals surface area contributed by atoms with Crippen LogP contribution in [0.2, 0.25) is 0 Å². The predicted octanol–water partition coefficient (Wildman–Crippen LogP) is 4.04. The molecule has 0 bridgehead atoms. The number of fused-ring (bicyclic) bond motifs is 1. The maximum atomic E-state index is 13.0. The van der Waals surface area contributed by atoms with Gasteiger partial charge in [-0.25, -0.2) is 0 Å². The minimum atomic E-state index is -0.529. The van der Waals surface area contributed by atoms with Crippen LogP contribution in [-0.2, 0) is 6.42 Å². The molecule has 0 aromatic heterocycles. The van der Waals surface area contributed by atoms with E-state index in [4.69, 9.17) is 9.47 Å². The van der Waals surface area contributed by atoms with Crippen LogP contribution in [0.25, 0.3) is 5.70 Å². The number of nitro groups is 1. The number of methoxy groups -OCH3 is 2. The lowest BCUT2D eigenvalue weighted by Crippen LogP contribution is -2.34. The van der Waals surface area contributed by atoms with E-state index in [0.717, 1.165) is 11.1 Å². The molecule has 1 heterocycles. The van der Waals surface area contributed by atoms with E-state index in [1.165, 1.54) is 17.0 Å². The minimum absolute atomic E-state index is 0.157. The third-order valence-corrected chi connectivity index (χ3v) is 5.16. The van der Waals surface area contributed by atoms with Crippen molar-refractivity contribution in [1.82, 2.24) is 4.90 Å². The summed E-state index contributed by atoms with van der Waals surface area (Å²) in [7, 11) is 3.11. The standard InChI is InChI=1S/C19H17BrN2O5/c1-11-14-10-18(27-3)17(26-2)9-12(14)6-7-21(11)19(23)13-4-5-15(20)16(8-13)22(24)25/h4-5,8-10H,1,6-7H2,2-3H3. The van der Waals surface area contributed by atoms with Crippen LogP contribution in [0.1, 0.15) is 21.5 Å². The van der Waals surface area contributed by atoms with Gasteiger partial charge in [0.2, 0.25) is 0 Å². The largest absolute Gasteiger partial charge is 0.493 e. The zero-order valence-electron chi connectivity index (χ0n) is 14.8. The van der Waals surface area contributed by atoms with E-state index >= 15 is 0 Å². The second-order valence-corrected chi connectivity index (χ2v) is 6.80. The van der Waals surface area contributed by atoms with Gasteiger partial charge < -0.3 is 14.4 Å². The van der Waals surface area contributed by atoms with Crippen LogP contribution < -0.4 is 9.47 Å². The summed E-state index contributed by atoms with van der Waals surface area (Å²) in [6.45, 7) is 4.48. The van der Waals surface area contributed by atoms with Crippen molar-refractivity contribution in [2.24, 2.45) is 0 Å². The van der Waals surface area contributed by atoms with Crippen molar-refractivity contribution in [3.05, 3.63) is 68.2 Å². The number of nitrogens with zero attached hydrogens (tertiary/aromatic N) is 2. The fraction of sp³-hybridized carbons (Fsp3) is 0.211. The first-order chi connectivity index (χ1) is 12.9. The molecule has 140 valence electrons. The van der Waals surface area contributed by atoms with E-state index in [0.29, 0.717) is 34.6 Å². The van der Waals surface area contributed by atoms with Gasteiger partial charge in [-0.15, -0.1) is 0 Å². The predicted molar refractivity (Wildman–Crippen MR) is 104 cm³/mol. The number of hydrogen-bond donors (Lipinski definition) is 0. The monoisotopic (exact) mass is 432 g/mol. The van der Waals surface area contributed by atoms with Gasteiger partial charge in [-0.05, 0) is 52.2 Å². The second-order valence-electron chi connectivity index (χ2n) is 5.94. The third kappa shape index (κ3) is 3.40. The van der Waals surface area contributed by atoms with Gasteiger partial charge in [0.1, 0.15) is 0 Å². The molecule has 0 radical (unpaired) electrons. The van der Waals surface area contributed by atoms with Crippen molar-refractivity contribution >= 4 is 33.2 Å². The highest BCUT2D eigenvalue weighted by Crippen LogP contribution is 2.37. The molecule has 0 fully saturated rings. The van der Waals surface area contributed by atoms with Crippen molar-refractivity contribution in [1.29, 1.82) is 0 Å². The van der Waals surface area contributed by atoms with Crippen LogP contribution in [0.3, 0.4) is 0 Å². The average molecular weight is 433 g/mol. The van der Waals surface area contributed by atoms with Gasteiger partial charge in [0.25, 0.3) is 11.6 Å². The summed E-state index contributed by atoms with van der Waals surface area (Å²) in [5, 5.41) is 11.1. The van der Waals surface area contributed by atoms with Crippen molar-refractivity contribution in [3.8, 4) is 11.5 Å². The van der Waals surface area contributed by atoms with E-state index in [2.05, 4.69) is 22.5 Å². The molecule has 7 nitrogen and oxygen atoms in total. The Bertz CT molecular complexity index is 957. The Morgan fingerprint density at radius 1 is 1.22 bits per heavy atom. The van der Waals surface area contributed by atoms with E-state index in [1.54, 1.807) is 26.4 Å². The highest BCUT2D eigenvalue weighted by atomic mass is 79.9. The molecule has 0 unspecified atom stereocenters. The Morgan fingerprint density at radius 2 is 1.89 bits per heavy atom. The summed E-state index contributed by atoms with van der Waals surface area (Å²) in [6, 6.07) is 7.99. The molecule has 0 spiro atoms. The van der Waals surface area contributed by atoms with Crippen LogP contribution in [0.15, 0.2) is 41.4 Å². The molecule has 2 aromatic rings. The SMILES string of the molecule is C=C1c2cc(OC)c(OC)cc2CCN1C(=O)c1ccc(Br)c([N+](=O)[O-])c1. The van der Waals surface area contributed by atoms with E-state index in [-0.39, 0.29) is 17.2 Å². The normalized spacial score (nSPS) is 13.1. The molecule has 3 rings (SSSR count). The lowest BCUT2D eigenvalue weighted by molar-refractivity contribution is -0.385. The van der Waals surface area contributed by atoms with E-state index < -0.39 is 4.92 Å². The third-order valence-electron chi connectivity index (χ3n) is 4.49.